The number of carbonyl (C=O) groups is 2. The molecule has 2 heterocycles. The molecule has 4 rings (SSSR count). The highest BCUT2D eigenvalue weighted by Gasteiger charge is 2.32. The van der Waals surface area contributed by atoms with Crippen molar-refractivity contribution in [1.29, 1.82) is 0 Å². The second-order valence-corrected chi connectivity index (χ2v) is 8.79. The molecule has 0 saturated carbocycles. The van der Waals surface area contributed by atoms with Crippen LogP contribution in [0.25, 0.3) is 0 Å². The maximum absolute atomic E-state index is 13.2. The molecular weight excluding hydrogens is 404 g/mol. The van der Waals surface area contributed by atoms with Crippen LogP contribution in [0.4, 0.5) is 16.2 Å². The number of rotatable bonds is 5. The quantitative estimate of drug-likeness (QED) is 0.742. The van der Waals surface area contributed by atoms with Gasteiger partial charge in [-0.2, -0.15) is 0 Å². The van der Waals surface area contributed by atoms with Crippen molar-refractivity contribution in [3.05, 3.63) is 60.2 Å². The molecule has 2 aliphatic rings. The molecule has 0 spiro atoms. The van der Waals surface area contributed by atoms with E-state index in [-0.39, 0.29) is 30.2 Å². The summed E-state index contributed by atoms with van der Waals surface area (Å²) in [7, 11) is 0. The number of urea groups is 1. The van der Waals surface area contributed by atoms with Crippen molar-refractivity contribution in [2.45, 2.75) is 44.9 Å². The van der Waals surface area contributed by atoms with Crippen molar-refractivity contribution in [2.24, 2.45) is 0 Å². The third kappa shape index (κ3) is 5.66. The summed E-state index contributed by atoms with van der Waals surface area (Å²) in [6.45, 7) is 7.72. The molecule has 3 amide bonds. The Labute approximate surface area is 189 Å². The number of nitrogens with one attached hydrogen (secondary N) is 2. The summed E-state index contributed by atoms with van der Waals surface area (Å²) < 4.78 is 5.84. The van der Waals surface area contributed by atoms with E-state index in [4.69, 9.17) is 4.74 Å². The van der Waals surface area contributed by atoms with Crippen molar-refractivity contribution in [3.63, 3.8) is 0 Å². The fraction of sp³-hybridized carbons (Fsp3) is 0.440. The number of amides is 3. The van der Waals surface area contributed by atoms with E-state index in [0.717, 1.165) is 44.7 Å². The van der Waals surface area contributed by atoms with Gasteiger partial charge in [0.1, 0.15) is 0 Å². The normalized spacial score (nSPS) is 23.7. The zero-order valence-corrected chi connectivity index (χ0v) is 18.8. The summed E-state index contributed by atoms with van der Waals surface area (Å²) in [6.07, 6.45) is 2.52. The van der Waals surface area contributed by atoms with Gasteiger partial charge >= 0.3 is 6.03 Å². The van der Waals surface area contributed by atoms with Crippen LogP contribution in [0.2, 0.25) is 0 Å². The van der Waals surface area contributed by atoms with Crippen LogP contribution in [-0.4, -0.2) is 66.2 Å². The van der Waals surface area contributed by atoms with Crippen molar-refractivity contribution >= 4 is 23.3 Å². The fourth-order valence-corrected chi connectivity index (χ4v) is 4.70. The second-order valence-electron chi connectivity index (χ2n) is 8.79. The molecule has 2 aliphatic heterocycles. The Kier molecular flexibility index (Phi) is 7.07. The number of para-hydroxylation sites is 1. The summed E-state index contributed by atoms with van der Waals surface area (Å²) in [5.74, 6) is 0.0575. The molecule has 2 saturated heterocycles. The predicted octanol–water partition coefficient (Wildman–Crippen LogP) is 4.04. The predicted molar refractivity (Wildman–Crippen MR) is 126 cm³/mol. The van der Waals surface area contributed by atoms with Crippen molar-refractivity contribution in [3.8, 4) is 0 Å². The van der Waals surface area contributed by atoms with Gasteiger partial charge in [0, 0.05) is 49.2 Å². The lowest BCUT2D eigenvalue weighted by Crippen LogP contribution is -2.50. The van der Waals surface area contributed by atoms with Crippen molar-refractivity contribution in [1.82, 2.24) is 9.80 Å². The summed E-state index contributed by atoms with van der Waals surface area (Å²) in [4.78, 5) is 29.8. The third-order valence-corrected chi connectivity index (χ3v) is 6.02. The molecule has 170 valence electrons. The van der Waals surface area contributed by atoms with E-state index in [1.807, 2.05) is 35.2 Å². The number of ether oxygens (including phenoxy) is 1. The first kappa shape index (κ1) is 22.3. The van der Waals surface area contributed by atoms with Crippen LogP contribution in [0, 0.1) is 0 Å². The number of hydrogen-bond donors (Lipinski definition) is 2. The van der Waals surface area contributed by atoms with Crippen LogP contribution in [0.15, 0.2) is 54.6 Å². The highest BCUT2D eigenvalue weighted by Crippen LogP contribution is 2.23. The van der Waals surface area contributed by atoms with Gasteiger partial charge in [0.05, 0.1) is 12.2 Å². The minimum atomic E-state index is -0.316. The summed E-state index contributed by atoms with van der Waals surface area (Å²) >= 11 is 0. The van der Waals surface area contributed by atoms with E-state index in [2.05, 4.69) is 29.4 Å². The SMILES string of the molecule is CC1CN(CC2CCCN2C(=O)c2ccc(NC(=O)Nc3ccccc3)cc2)CC(C)O1. The number of likely N-dealkylation sites (tertiary alicyclic amines) is 1. The van der Waals surface area contributed by atoms with Crippen molar-refractivity contribution < 1.29 is 14.3 Å². The lowest BCUT2D eigenvalue weighted by Gasteiger charge is -2.38. The molecule has 2 aromatic rings. The molecule has 2 aromatic carbocycles. The van der Waals surface area contributed by atoms with Gasteiger partial charge in [-0.25, -0.2) is 4.79 Å². The van der Waals surface area contributed by atoms with Gasteiger partial charge in [0.2, 0.25) is 0 Å². The molecular formula is C25H32N4O3. The fourth-order valence-electron chi connectivity index (χ4n) is 4.70. The van der Waals surface area contributed by atoms with Gasteiger partial charge < -0.3 is 20.3 Å². The first-order valence-electron chi connectivity index (χ1n) is 11.4. The van der Waals surface area contributed by atoms with Gasteiger partial charge in [-0.15, -0.1) is 0 Å². The lowest BCUT2D eigenvalue weighted by molar-refractivity contribution is -0.0715. The average molecular weight is 437 g/mol. The van der Waals surface area contributed by atoms with Crippen LogP contribution in [0.3, 0.4) is 0 Å². The zero-order chi connectivity index (χ0) is 22.5. The van der Waals surface area contributed by atoms with Crippen LogP contribution in [-0.2, 0) is 4.74 Å². The maximum Gasteiger partial charge on any atom is 0.323 e. The Morgan fingerprint density at radius 1 is 0.938 bits per heavy atom. The largest absolute Gasteiger partial charge is 0.373 e. The molecule has 0 radical (unpaired) electrons. The number of morpholine rings is 1. The summed E-state index contributed by atoms with van der Waals surface area (Å²) in [5.41, 5.74) is 2.01. The Morgan fingerprint density at radius 2 is 1.56 bits per heavy atom. The van der Waals surface area contributed by atoms with Gasteiger partial charge in [0.15, 0.2) is 0 Å². The number of hydrogen-bond acceptors (Lipinski definition) is 4. The van der Waals surface area contributed by atoms with E-state index < -0.39 is 0 Å². The molecule has 32 heavy (non-hydrogen) atoms. The Hall–Kier alpha value is -2.90. The molecule has 0 bridgehead atoms. The molecule has 0 aliphatic carbocycles. The van der Waals surface area contributed by atoms with E-state index >= 15 is 0 Å². The lowest BCUT2D eigenvalue weighted by atomic mass is 10.1. The van der Waals surface area contributed by atoms with E-state index in [1.165, 1.54) is 0 Å². The van der Waals surface area contributed by atoms with Crippen LogP contribution < -0.4 is 10.6 Å². The summed E-state index contributed by atoms with van der Waals surface area (Å²) in [5, 5.41) is 5.59. The topological polar surface area (TPSA) is 73.9 Å². The Balaban J connectivity index is 1.33. The van der Waals surface area contributed by atoms with Gasteiger partial charge in [-0.3, -0.25) is 9.69 Å². The highest BCUT2D eigenvalue weighted by molar-refractivity contribution is 6.00. The molecule has 0 aromatic heterocycles. The van der Waals surface area contributed by atoms with Gasteiger partial charge in [0.25, 0.3) is 5.91 Å². The number of carbonyl (C=O) groups excluding carboxylic acids is 2. The van der Waals surface area contributed by atoms with Crippen molar-refractivity contribution in [2.75, 3.05) is 36.8 Å². The standard InChI is InChI=1S/C25H32N4O3/c1-18-15-28(16-19(2)32-18)17-23-9-6-14-29(23)24(30)20-10-12-22(13-11-20)27-25(31)26-21-7-4-3-5-8-21/h3-5,7-8,10-13,18-19,23H,6,9,14-17H2,1-2H3,(H2,26,27,31). The summed E-state index contributed by atoms with van der Waals surface area (Å²) in [6, 6.07) is 16.3. The second kappa shape index (κ2) is 10.1. The Bertz CT molecular complexity index is 909. The highest BCUT2D eigenvalue weighted by atomic mass is 16.5. The monoisotopic (exact) mass is 436 g/mol. The first-order chi connectivity index (χ1) is 15.5. The molecule has 3 atom stereocenters. The minimum Gasteiger partial charge on any atom is -0.373 e. The number of anilines is 2. The van der Waals surface area contributed by atoms with Crippen LogP contribution in [0.5, 0.6) is 0 Å². The van der Waals surface area contributed by atoms with E-state index in [9.17, 15) is 9.59 Å². The van der Waals surface area contributed by atoms with Crippen LogP contribution in [0.1, 0.15) is 37.0 Å². The number of benzene rings is 2. The molecule has 3 unspecified atom stereocenters. The molecule has 7 nitrogen and oxygen atoms in total. The zero-order valence-electron chi connectivity index (χ0n) is 18.8. The Morgan fingerprint density at radius 3 is 2.22 bits per heavy atom. The third-order valence-electron chi connectivity index (χ3n) is 6.02. The van der Waals surface area contributed by atoms with Gasteiger partial charge in [-0.1, -0.05) is 18.2 Å². The number of nitrogens with zero attached hydrogens (tertiary/aromatic N) is 2. The van der Waals surface area contributed by atoms with Gasteiger partial charge in [-0.05, 0) is 63.1 Å². The van der Waals surface area contributed by atoms with E-state index in [0.29, 0.717) is 11.3 Å². The van der Waals surface area contributed by atoms with E-state index in [1.54, 1.807) is 24.3 Å². The smallest absolute Gasteiger partial charge is 0.323 e. The average Bonchev–Trinajstić information content (AvgIpc) is 3.21. The minimum absolute atomic E-state index is 0.0575. The molecule has 2 fully saturated rings. The molecule has 7 heteroatoms. The van der Waals surface area contributed by atoms with Crippen LogP contribution >= 0.6 is 0 Å². The maximum atomic E-state index is 13.2. The first-order valence-corrected chi connectivity index (χ1v) is 11.4. The molecule has 2 N–H and O–H groups in total.